The van der Waals surface area contributed by atoms with Gasteiger partial charge < -0.3 is 4.42 Å². The van der Waals surface area contributed by atoms with Gasteiger partial charge >= 0.3 is 0 Å². The average Bonchev–Trinajstić information content (AvgIpc) is 2.75. The summed E-state index contributed by atoms with van der Waals surface area (Å²) in [6.45, 7) is 1.80. The number of carbonyl (C=O) groups excluding carboxylic acids is 1. The van der Waals surface area contributed by atoms with E-state index in [1.165, 1.54) is 23.5 Å². The fourth-order valence-electron chi connectivity index (χ4n) is 0.942. The molecule has 2 aromatic rings. The minimum absolute atomic E-state index is 0.146. The predicted octanol–water partition coefficient (Wildman–Crippen LogP) is 2.35. The summed E-state index contributed by atoms with van der Waals surface area (Å²) in [7, 11) is 0. The van der Waals surface area contributed by atoms with Crippen molar-refractivity contribution in [1.29, 1.82) is 0 Å². The molecule has 0 atom stereocenters. The zero-order chi connectivity index (χ0) is 10.8. The molecule has 0 aromatic carbocycles. The monoisotopic (exact) mass is 243 g/mol. The molecule has 0 saturated carbocycles. The molecule has 0 aliphatic rings. The van der Waals surface area contributed by atoms with E-state index < -0.39 is 5.91 Å². The van der Waals surface area contributed by atoms with Crippen LogP contribution < -0.4 is 5.32 Å². The minimum atomic E-state index is -0.391. The van der Waals surface area contributed by atoms with Crippen LogP contribution in [0, 0.1) is 6.92 Å². The Morgan fingerprint density at radius 1 is 1.53 bits per heavy atom. The summed E-state index contributed by atoms with van der Waals surface area (Å²) in [5.74, 6) is -0.245. The van der Waals surface area contributed by atoms with Crippen molar-refractivity contribution in [2.24, 2.45) is 0 Å². The largest absolute Gasteiger partial charge is 0.440 e. The maximum Gasteiger partial charge on any atom is 0.293 e. The molecule has 0 aliphatic carbocycles. The van der Waals surface area contributed by atoms with Gasteiger partial charge in [-0.3, -0.25) is 10.1 Å². The number of nitrogens with one attached hydrogen (secondary N) is 1. The molecule has 0 fully saturated rings. The number of hydrogen-bond donors (Lipinski definition) is 1. The maximum absolute atomic E-state index is 11.5. The van der Waals surface area contributed by atoms with Gasteiger partial charge in [0.15, 0.2) is 11.0 Å². The van der Waals surface area contributed by atoms with Crippen molar-refractivity contribution in [1.82, 2.24) is 10.2 Å². The molecule has 7 heteroatoms. The Hall–Kier alpha value is -1.40. The molecular formula is C8H6ClN3O2S. The molecule has 2 heterocycles. The lowest BCUT2D eigenvalue weighted by molar-refractivity contribution is 0.0996. The SMILES string of the molecule is Cc1nnc(NC(=O)c2ccc(Cl)o2)s1. The summed E-state index contributed by atoms with van der Waals surface area (Å²) in [6, 6.07) is 2.99. The highest BCUT2D eigenvalue weighted by molar-refractivity contribution is 7.15. The van der Waals surface area contributed by atoms with Crippen molar-refractivity contribution in [3.63, 3.8) is 0 Å². The van der Waals surface area contributed by atoms with Crippen molar-refractivity contribution < 1.29 is 9.21 Å². The lowest BCUT2D eigenvalue weighted by Gasteiger charge is -1.95. The number of carbonyl (C=O) groups is 1. The number of rotatable bonds is 2. The summed E-state index contributed by atoms with van der Waals surface area (Å²) >= 11 is 6.83. The van der Waals surface area contributed by atoms with Crippen LogP contribution in [0.3, 0.4) is 0 Å². The van der Waals surface area contributed by atoms with Crippen molar-refractivity contribution in [3.8, 4) is 0 Å². The van der Waals surface area contributed by atoms with E-state index in [0.717, 1.165) is 5.01 Å². The Labute approximate surface area is 94.1 Å². The zero-order valence-electron chi connectivity index (χ0n) is 7.65. The van der Waals surface area contributed by atoms with E-state index in [1.54, 1.807) is 6.92 Å². The Morgan fingerprint density at radius 2 is 2.33 bits per heavy atom. The summed E-state index contributed by atoms with van der Waals surface area (Å²) in [5.41, 5.74) is 0. The van der Waals surface area contributed by atoms with Crippen LogP contribution in [0.1, 0.15) is 15.6 Å². The van der Waals surface area contributed by atoms with Gasteiger partial charge in [0.1, 0.15) is 5.01 Å². The van der Waals surface area contributed by atoms with Gasteiger partial charge in [0.05, 0.1) is 0 Å². The van der Waals surface area contributed by atoms with Crippen LogP contribution in [0.5, 0.6) is 0 Å². The normalized spacial score (nSPS) is 10.3. The highest BCUT2D eigenvalue weighted by Gasteiger charge is 2.12. The maximum atomic E-state index is 11.5. The number of nitrogens with zero attached hydrogens (tertiary/aromatic N) is 2. The van der Waals surface area contributed by atoms with Crippen LogP contribution in [0.2, 0.25) is 5.22 Å². The predicted molar refractivity (Wildman–Crippen MR) is 56.3 cm³/mol. The second-order valence-electron chi connectivity index (χ2n) is 2.68. The number of hydrogen-bond acceptors (Lipinski definition) is 5. The minimum Gasteiger partial charge on any atom is -0.440 e. The van der Waals surface area contributed by atoms with Crippen molar-refractivity contribution in [3.05, 3.63) is 28.1 Å². The molecule has 0 radical (unpaired) electrons. The molecular weight excluding hydrogens is 238 g/mol. The third-order valence-electron chi connectivity index (χ3n) is 1.54. The number of aromatic nitrogens is 2. The second-order valence-corrected chi connectivity index (χ2v) is 4.24. The molecule has 2 rings (SSSR count). The van der Waals surface area contributed by atoms with Crippen LogP contribution in [0.15, 0.2) is 16.5 Å². The molecule has 0 bridgehead atoms. The van der Waals surface area contributed by atoms with E-state index in [4.69, 9.17) is 16.0 Å². The third-order valence-corrected chi connectivity index (χ3v) is 2.50. The molecule has 5 nitrogen and oxygen atoms in total. The van der Waals surface area contributed by atoms with Gasteiger partial charge in [-0.1, -0.05) is 11.3 Å². The van der Waals surface area contributed by atoms with E-state index in [2.05, 4.69) is 15.5 Å². The van der Waals surface area contributed by atoms with E-state index in [0.29, 0.717) is 5.13 Å². The molecule has 0 spiro atoms. The first-order valence-electron chi connectivity index (χ1n) is 4.02. The highest BCUT2D eigenvalue weighted by atomic mass is 35.5. The summed E-state index contributed by atoms with van der Waals surface area (Å²) in [5, 5.41) is 11.5. The average molecular weight is 244 g/mol. The van der Waals surface area contributed by atoms with E-state index in [1.807, 2.05) is 0 Å². The fraction of sp³-hybridized carbons (Fsp3) is 0.125. The smallest absolute Gasteiger partial charge is 0.293 e. The van der Waals surface area contributed by atoms with Crippen LogP contribution in [0.4, 0.5) is 5.13 Å². The molecule has 0 unspecified atom stereocenters. The second kappa shape index (κ2) is 4.00. The summed E-state index contributed by atoms with van der Waals surface area (Å²) in [4.78, 5) is 11.5. The molecule has 15 heavy (non-hydrogen) atoms. The van der Waals surface area contributed by atoms with Gasteiger partial charge in [0.25, 0.3) is 5.91 Å². The lowest BCUT2D eigenvalue weighted by atomic mass is 10.4. The van der Waals surface area contributed by atoms with Gasteiger partial charge in [-0.2, -0.15) is 0 Å². The molecule has 1 amide bonds. The molecule has 0 saturated heterocycles. The fourth-order valence-corrected chi connectivity index (χ4v) is 1.68. The first-order chi connectivity index (χ1) is 7.15. The van der Waals surface area contributed by atoms with Gasteiger partial charge in [-0.25, -0.2) is 0 Å². The third kappa shape index (κ3) is 2.34. The summed E-state index contributed by atoms with van der Waals surface area (Å²) < 4.78 is 4.93. The molecule has 1 N–H and O–H groups in total. The molecule has 2 aromatic heterocycles. The number of aryl methyl sites for hydroxylation is 1. The van der Waals surface area contributed by atoms with Gasteiger partial charge in [0, 0.05) is 0 Å². The standard InChI is InChI=1S/C8H6ClN3O2S/c1-4-11-12-8(15-4)10-7(13)5-2-3-6(9)14-5/h2-3H,1H3,(H,10,12,13). The highest BCUT2D eigenvalue weighted by Crippen LogP contribution is 2.17. The van der Waals surface area contributed by atoms with Gasteiger partial charge in [-0.15, -0.1) is 10.2 Å². The lowest BCUT2D eigenvalue weighted by Crippen LogP contribution is -2.10. The number of halogens is 1. The van der Waals surface area contributed by atoms with Crippen LogP contribution in [-0.2, 0) is 0 Å². The first-order valence-corrected chi connectivity index (χ1v) is 5.21. The van der Waals surface area contributed by atoms with Crippen LogP contribution in [-0.4, -0.2) is 16.1 Å². The summed E-state index contributed by atoms with van der Waals surface area (Å²) in [6.07, 6.45) is 0. The number of amides is 1. The van der Waals surface area contributed by atoms with E-state index in [-0.39, 0.29) is 11.0 Å². The Kier molecular flexibility index (Phi) is 2.70. The van der Waals surface area contributed by atoms with E-state index >= 15 is 0 Å². The first kappa shape index (κ1) is 10.1. The van der Waals surface area contributed by atoms with Gasteiger partial charge in [0.2, 0.25) is 5.13 Å². The zero-order valence-corrected chi connectivity index (χ0v) is 9.22. The van der Waals surface area contributed by atoms with Crippen molar-refractivity contribution in [2.45, 2.75) is 6.92 Å². The number of anilines is 1. The van der Waals surface area contributed by atoms with Crippen LogP contribution >= 0.6 is 22.9 Å². The number of furan rings is 1. The molecule has 0 aliphatic heterocycles. The Bertz CT molecular complexity index is 494. The van der Waals surface area contributed by atoms with Gasteiger partial charge in [-0.05, 0) is 30.7 Å². The quantitative estimate of drug-likeness (QED) is 0.879. The Balaban J connectivity index is 2.10. The topological polar surface area (TPSA) is 68.0 Å². The van der Waals surface area contributed by atoms with Crippen molar-refractivity contribution in [2.75, 3.05) is 5.32 Å². The Morgan fingerprint density at radius 3 is 2.87 bits per heavy atom. The van der Waals surface area contributed by atoms with Crippen LogP contribution in [0.25, 0.3) is 0 Å². The van der Waals surface area contributed by atoms with Crippen molar-refractivity contribution >= 4 is 34.0 Å². The molecule has 78 valence electrons. The van der Waals surface area contributed by atoms with E-state index in [9.17, 15) is 4.79 Å².